The van der Waals surface area contributed by atoms with E-state index < -0.39 is 0 Å². The van der Waals surface area contributed by atoms with Gasteiger partial charge in [-0.25, -0.2) is 9.97 Å². The SMILES string of the molecule is Cc1cccc(CN(C)C(=O)c2cc(-c3ncco3)nc(-c3nnc([C@@H](C)Cc4ccccc4)o3)c2)c1. The zero-order valence-electron chi connectivity index (χ0n) is 21.0. The highest BCUT2D eigenvalue weighted by Gasteiger charge is 2.21. The Morgan fingerprint density at radius 2 is 1.70 bits per heavy atom. The number of amides is 1. The van der Waals surface area contributed by atoms with Gasteiger partial charge in [0.25, 0.3) is 11.8 Å². The maximum Gasteiger partial charge on any atom is 0.266 e. The summed E-state index contributed by atoms with van der Waals surface area (Å²) < 4.78 is 11.5. The highest BCUT2D eigenvalue weighted by Crippen LogP contribution is 2.27. The third-order valence-corrected chi connectivity index (χ3v) is 6.04. The van der Waals surface area contributed by atoms with Crippen molar-refractivity contribution in [2.24, 2.45) is 0 Å². The lowest BCUT2D eigenvalue weighted by molar-refractivity contribution is 0.0785. The molecular formula is C29H27N5O3. The Kier molecular flexibility index (Phi) is 6.89. The fourth-order valence-electron chi connectivity index (χ4n) is 4.19. The minimum absolute atomic E-state index is 0.0140. The molecule has 0 saturated heterocycles. The average molecular weight is 494 g/mol. The molecule has 5 rings (SSSR count). The molecule has 0 radical (unpaired) electrons. The molecule has 0 unspecified atom stereocenters. The van der Waals surface area contributed by atoms with Crippen LogP contribution in [0.4, 0.5) is 0 Å². The molecule has 5 aromatic rings. The zero-order valence-corrected chi connectivity index (χ0v) is 21.0. The topological polar surface area (TPSA) is 98.2 Å². The first-order valence-electron chi connectivity index (χ1n) is 12.1. The molecule has 3 heterocycles. The van der Waals surface area contributed by atoms with E-state index >= 15 is 0 Å². The molecular weight excluding hydrogens is 466 g/mol. The predicted molar refractivity (Wildman–Crippen MR) is 139 cm³/mol. The molecule has 0 spiro atoms. The highest BCUT2D eigenvalue weighted by molar-refractivity contribution is 5.95. The van der Waals surface area contributed by atoms with Crippen molar-refractivity contribution in [2.45, 2.75) is 32.7 Å². The van der Waals surface area contributed by atoms with E-state index in [2.05, 4.69) is 38.4 Å². The smallest absolute Gasteiger partial charge is 0.266 e. The summed E-state index contributed by atoms with van der Waals surface area (Å²) in [4.78, 5) is 23.9. The van der Waals surface area contributed by atoms with Crippen molar-refractivity contribution >= 4 is 5.91 Å². The summed E-state index contributed by atoms with van der Waals surface area (Å²) in [6.45, 7) is 4.53. The summed E-state index contributed by atoms with van der Waals surface area (Å²) >= 11 is 0. The number of rotatable bonds is 8. The molecule has 1 atom stereocenters. The number of hydrogen-bond donors (Lipinski definition) is 0. The number of pyridine rings is 1. The molecule has 0 saturated carbocycles. The number of oxazole rings is 1. The van der Waals surface area contributed by atoms with E-state index in [1.54, 1.807) is 24.1 Å². The Labute approximate surface area is 215 Å². The third-order valence-electron chi connectivity index (χ3n) is 6.04. The molecule has 0 aliphatic carbocycles. The lowest BCUT2D eigenvalue weighted by atomic mass is 10.0. The molecule has 2 aromatic carbocycles. The van der Waals surface area contributed by atoms with Crippen LogP contribution in [-0.2, 0) is 13.0 Å². The second-order valence-corrected chi connectivity index (χ2v) is 9.15. The Morgan fingerprint density at radius 3 is 2.43 bits per heavy atom. The highest BCUT2D eigenvalue weighted by atomic mass is 16.4. The number of carbonyl (C=O) groups excluding carboxylic acids is 1. The number of aromatic nitrogens is 4. The van der Waals surface area contributed by atoms with Crippen LogP contribution in [0.1, 0.15) is 45.8 Å². The van der Waals surface area contributed by atoms with Crippen LogP contribution in [0.15, 0.2) is 88.0 Å². The number of hydrogen-bond acceptors (Lipinski definition) is 7. The van der Waals surface area contributed by atoms with Gasteiger partial charge in [0.05, 0.1) is 6.20 Å². The molecule has 8 heteroatoms. The van der Waals surface area contributed by atoms with Crippen molar-refractivity contribution in [2.75, 3.05) is 7.05 Å². The third kappa shape index (κ3) is 5.64. The van der Waals surface area contributed by atoms with Crippen LogP contribution in [0, 0.1) is 6.92 Å². The molecule has 1 amide bonds. The summed E-state index contributed by atoms with van der Waals surface area (Å²) in [6, 6.07) is 21.6. The van der Waals surface area contributed by atoms with Crippen LogP contribution in [-0.4, -0.2) is 38.0 Å². The number of carbonyl (C=O) groups is 1. The Morgan fingerprint density at radius 1 is 0.946 bits per heavy atom. The summed E-state index contributed by atoms with van der Waals surface area (Å²) in [6.07, 6.45) is 3.76. The predicted octanol–water partition coefficient (Wildman–Crippen LogP) is 5.71. The monoisotopic (exact) mass is 493 g/mol. The average Bonchev–Trinajstić information content (AvgIpc) is 3.62. The minimum Gasteiger partial charge on any atom is -0.443 e. The van der Waals surface area contributed by atoms with Crippen LogP contribution in [0.5, 0.6) is 0 Å². The molecule has 0 aliphatic rings. The van der Waals surface area contributed by atoms with E-state index in [-0.39, 0.29) is 17.7 Å². The summed E-state index contributed by atoms with van der Waals surface area (Å²) in [5.41, 5.74) is 4.59. The number of aryl methyl sites for hydroxylation is 1. The maximum absolute atomic E-state index is 13.4. The van der Waals surface area contributed by atoms with Crippen LogP contribution < -0.4 is 0 Å². The first-order chi connectivity index (χ1) is 18.0. The lowest BCUT2D eigenvalue weighted by Crippen LogP contribution is -2.26. The fraction of sp³-hybridized carbons (Fsp3) is 0.207. The van der Waals surface area contributed by atoms with Crippen molar-refractivity contribution in [3.05, 3.63) is 107 Å². The summed E-state index contributed by atoms with van der Waals surface area (Å²) in [5, 5.41) is 8.50. The maximum atomic E-state index is 13.4. The van der Waals surface area contributed by atoms with Crippen LogP contribution in [0.25, 0.3) is 23.2 Å². The number of benzene rings is 2. The van der Waals surface area contributed by atoms with Gasteiger partial charge < -0.3 is 13.7 Å². The van der Waals surface area contributed by atoms with Gasteiger partial charge in [-0.2, -0.15) is 0 Å². The van der Waals surface area contributed by atoms with Crippen LogP contribution >= 0.6 is 0 Å². The first-order valence-corrected chi connectivity index (χ1v) is 12.1. The van der Waals surface area contributed by atoms with Gasteiger partial charge in [-0.3, -0.25) is 4.79 Å². The molecule has 0 N–H and O–H groups in total. The Bertz CT molecular complexity index is 1500. The van der Waals surface area contributed by atoms with Gasteiger partial charge in [-0.05, 0) is 36.6 Å². The van der Waals surface area contributed by atoms with Crippen molar-refractivity contribution in [3.8, 4) is 23.2 Å². The zero-order chi connectivity index (χ0) is 25.8. The van der Waals surface area contributed by atoms with Gasteiger partial charge in [0.1, 0.15) is 17.7 Å². The molecule has 8 nitrogen and oxygen atoms in total. The van der Waals surface area contributed by atoms with Crippen LogP contribution in [0.3, 0.4) is 0 Å². The quantitative estimate of drug-likeness (QED) is 0.273. The van der Waals surface area contributed by atoms with E-state index in [9.17, 15) is 4.79 Å². The molecule has 186 valence electrons. The first kappa shape index (κ1) is 24.1. The summed E-state index contributed by atoms with van der Waals surface area (Å²) in [7, 11) is 1.77. The summed E-state index contributed by atoms with van der Waals surface area (Å²) in [5.74, 6) is 0.884. The van der Waals surface area contributed by atoms with Crippen molar-refractivity contribution in [1.29, 1.82) is 0 Å². The molecule has 37 heavy (non-hydrogen) atoms. The van der Waals surface area contributed by atoms with Crippen molar-refractivity contribution in [3.63, 3.8) is 0 Å². The van der Waals surface area contributed by atoms with Gasteiger partial charge in [-0.15, -0.1) is 10.2 Å². The van der Waals surface area contributed by atoms with E-state index in [4.69, 9.17) is 8.83 Å². The van der Waals surface area contributed by atoms with Gasteiger partial charge in [-0.1, -0.05) is 67.1 Å². The number of nitrogens with zero attached hydrogens (tertiary/aromatic N) is 5. The van der Waals surface area contributed by atoms with Gasteiger partial charge >= 0.3 is 0 Å². The van der Waals surface area contributed by atoms with Gasteiger partial charge in [0, 0.05) is 25.1 Å². The fourth-order valence-corrected chi connectivity index (χ4v) is 4.19. The Balaban J connectivity index is 1.44. The second-order valence-electron chi connectivity index (χ2n) is 9.15. The lowest BCUT2D eigenvalue weighted by Gasteiger charge is -2.18. The van der Waals surface area contributed by atoms with E-state index in [0.717, 1.165) is 17.5 Å². The second kappa shape index (κ2) is 10.6. The van der Waals surface area contributed by atoms with Crippen molar-refractivity contribution < 1.29 is 13.6 Å². The molecule has 0 bridgehead atoms. The standard InChI is InChI=1S/C29H27N5O3/c1-19-8-7-11-22(14-19)18-34(3)29(35)23-16-24(27-30-12-13-36-27)31-25(17-23)28-33-32-26(37-28)20(2)15-21-9-5-4-6-10-21/h4-14,16-17,20H,15,18H2,1-3H3/t20-/m0/s1. The molecule has 3 aromatic heterocycles. The van der Waals surface area contributed by atoms with Gasteiger partial charge in [0.2, 0.25) is 11.8 Å². The van der Waals surface area contributed by atoms with E-state index in [1.165, 1.54) is 18.0 Å². The van der Waals surface area contributed by atoms with Crippen molar-refractivity contribution in [1.82, 2.24) is 25.1 Å². The molecule has 0 fully saturated rings. The minimum atomic E-state index is -0.171. The van der Waals surface area contributed by atoms with E-state index in [1.807, 2.05) is 50.2 Å². The molecule has 0 aliphatic heterocycles. The Hall–Kier alpha value is -4.59. The van der Waals surface area contributed by atoms with Gasteiger partial charge in [0.15, 0.2) is 0 Å². The van der Waals surface area contributed by atoms with Crippen LogP contribution in [0.2, 0.25) is 0 Å². The normalized spacial score (nSPS) is 11.9. The van der Waals surface area contributed by atoms with E-state index in [0.29, 0.717) is 35.3 Å². The largest absolute Gasteiger partial charge is 0.443 e.